The van der Waals surface area contributed by atoms with E-state index in [2.05, 4.69) is 4.98 Å². The van der Waals surface area contributed by atoms with Gasteiger partial charge >= 0.3 is 0 Å². The van der Waals surface area contributed by atoms with E-state index in [4.69, 9.17) is 0 Å². The number of aromatic nitrogens is 1. The second-order valence-corrected chi connectivity index (χ2v) is 4.54. The lowest BCUT2D eigenvalue weighted by Gasteiger charge is -2.26. The van der Waals surface area contributed by atoms with E-state index in [-0.39, 0.29) is 29.0 Å². The van der Waals surface area contributed by atoms with E-state index in [1.807, 2.05) is 6.92 Å². The third-order valence-electron chi connectivity index (χ3n) is 3.32. The Balaban J connectivity index is 2.28. The lowest BCUT2D eigenvalue weighted by Crippen LogP contribution is -2.29. The first kappa shape index (κ1) is 13.9. The summed E-state index contributed by atoms with van der Waals surface area (Å²) in [4.78, 5) is 17.6. The average Bonchev–Trinajstić information content (AvgIpc) is 2.46. The van der Waals surface area contributed by atoms with Crippen molar-refractivity contribution in [3.63, 3.8) is 0 Å². The van der Waals surface area contributed by atoms with Crippen LogP contribution in [0.25, 0.3) is 0 Å². The molecule has 1 aromatic heterocycles. The van der Waals surface area contributed by atoms with Crippen molar-refractivity contribution in [1.82, 2.24) is 9.88 Å². The van der Waals surface area contributed by atoms with Gasteiger partial charge in [-0.15, -0.1) is 0 Å². The zero-order valence-electron chi connectivity index (χ0n) is 11.3. The fourth-order valence-corrected chi connectivity index (χ4v) is 1.98. The van der Waals surface area contributed by atoms with E-state index in [0.717, 1.165) is 0 Å². The molecule has 5 nitrogen and oxygen atoms in total. The molecule has 0 spiro atoms. The molecule has 0 bridgehead atoms. The number of carbonyl (C=O) groups excluding carboxylic acids is 1. The SMILES string of the molecule is CC(c1ccccc1O)N(C)C(=O)c1ccncc1O. The van der Waals surface area contributed by atoms with Crippen LogP contribution in [0.5, 0.6) is 11.5 Å². The van der Waals surface area contributed by atoms with Gasteiger partial charge in [0.2, 0.25) is 0 Å². The molecule has 1 amide bonds. The Bertz CT molecular complexity index is 628. The lowest BCUT2D eigenvalue weighted by atomic mass is 10.1. The predicted molar refractivity (Wildman–Crippen MR) is 74.5 cm³/mol. The molecule has 0 saturated carbocycles. The summed E-state index contributed by atoms with van der Waals surface area (Å²) >= 11 is 0. The van der Waals surface area contributed by atoms with Crippen molar-refractivity contribution in [3.05, 3.63) is 53.9 Å². The Labute approximate surface area is 117 Å². The van der Waals surface area contributed by atoms with Crippen molar-refractivity contribution in [2.45, 2.75) is 13.0 Å². The Morgan fingerprint density at radius 1 is 1.20 bits per heavy atom. The summed E-state index contributed by atoms with van der Waals surface area (Å²) in [5.41, 5.74) is 0.835. The molecule has 0 saturated heterocycles. The molecule has 1 atom stereocenters. The Kier molecular flexibility index (Phi) is 3.89. The second-order valence-electron chi connectivity index (χ2n) is 4.54. The zero-order valence-corrected chi connectivity index (χ0v) is 11.3. The largest absolute Gasteiger partial charge is 0.508 e. The quantitative estimate of drug-likeness (QED) is 0.899. The molecule has 1 unspecified atom stereocenters. The molecule has 2 N–H and O–H groups in total. The number of nitrogens with zero attached hydrogens (tertiary/aromatic N) is 2. The maximum absolute atomic E-state index is 12.3. The van der Waals surface area contributed by atoms with Gasteiger partial charge in [-0.05, 0) is 19.1 Å². The number of aromatic hydroxyl groups is 2. The maximum Gasteiger partial charge on any atom is 0.257 e. The third kappa shape index (κ3) is 2.56. The minimum absolute atomic E-state index is 0.138. The standard InChI is InChI=1S/C15H16N2O3/c1-10(11-5-3-4-6-13(11)18)17(2)15(20)12-7-8-16-9-14(12)19/h3-10,18-19H,1-2H3. The van der Waals surface area contributed by atoms with Crippen LogP contribution in [0.2, 0.25) is 0 Å². The van der Waals surface area contributed by atoms with Crippen LogP contribution in [0.4, 0.5) is 0 Å². The Morgan fingerprint density at radius 3 is 2.55 bits per heavy atom. The molecule has 0 aliphatic heterocycles. The maximum atomic E-state index is 12.3. The van der Waals surface area contributed by atoms with Crippen LogP contribution in [-0.2, 0) is 0 Å². The molecule has 0 fully saturated rings. The zero-order chi connectivity index (χ0) is 14.7. The fourth-order valence-electron chi connectivity index (χ4n) is 1.98. The molecule has 5 heteroatoms. The van der Waals surface area contributed by atoms with Crippen LogP contribution in [0, 0.1) is 0 Å². The first-order valence-corrected chi connectivity index (χ1v) is 6.20. The topological polar surface area (TPSA) is 73.7 Å². The van der Waals surface area contributed by atoms with Crippen LogP contribution in [0.3, 0.4) is 0 Å². The first-order valence-electron chi connectivity index (χ1n) is 6.20. The van der Waals surface area contributed by atoms with Crippen molar-refractivity contribution in [1.29, 1.82) is 0 Å². The van der Waals surface area contributed by atoms with Crippen molar-refractivity contribution < 1.29 is 15.0 Å². The van der Waals surface area contributed by atoms with Crippen LogP contribution in [0.15, 0.2) is 42.7 Å². The number of amides is 1. The molecular formula is C15H16N2O3. The summed E-state index contributed by atoms with van der Waals surface area (Å²) in [6, 6.07) is 8.00. The fraction of sp³-hybridized carbons (Fsp3) is 0.200. The minimum Gasteiger partial charge on any atom is -0.508 e. The number of hydrogen-bond donors (Lipinski definition) is 2. The van der Waals surface area contributed by atoms with Gasteiger partial charge in [-0.3, -0.25) is 9.78 Å². The summed E-state index contributed by atoms with van der Waals surface area (Å²) < 4.78 is 0. The van der Waals surface area contributed by atoms with Crippen molar-refractivity contribution >= 4 is 5.91 Å². The highest BCUT2D eigenvalue weighted by Gasteiger charge is 2.22. The normalized spacial score (nSPS) is 11.9. The van der Waals surface area contributed by atoms with Crippen molar-refractivity contribution in [3.8, 4) is 11.5 Å². The first-order chi connectivity index (χ1) is 9.52. The van der Waals surface area contributed by atoms with Gasteiger partial charge in [-0.2, -0.15) is 0 Å². The molecule has 0 aliphatic carbocycles. The number of para-hydroxylation sites is 1. The molecule has 20 heavy (non-hydrogen) atoms. The van der Waals surface area contributed by atoms with Gasteiger partial charge in [-0.1, -0.05) is 18.2 Å². The average molecular weight is 272 g/mol. The molecule has 1 aromatic carbocycles. The Hall–Kier alpha value is -2.56. The molecule has 1 heterocycles. The smallest absolute Gasteiger partial charge is 0.257 e. The van der Waals surface area contributed by atoms with Gasteiger partial charge in [0.05, 0.1) is 17.8 Å². The lowest BCUT2D eigenvalue weighted by molar-refractivity contribution is 0.0738. The van der Waals surface area contributed by atoms with Crippen LogP contribution >= 0.6 is 0 Å². The second kappa shape index (κ2) is 5.61. The van der Waals surface area contributed by atoms with Crippen LogP contribution < -0.4 is 0 Å². The number of hydrogen-bond acceptors (Lipinski definition) is 4. The molecule has 0 radical (unpaired) electrons. The van der Waals surface area contributed by atoms with Crippen molar-refractivity contribution in [2.24, 2.45) is 0 Å². The molecular weight excluding hydrogens is 256 g/mol. The monoisotopic (exact) mass is 272 g/mol. The minimum atomic E-state index is -0.333. The summed E-state index contributed by atoms with van der Waals surface area (Å²) in [5, 5.41) is 19.5. The number of phenolic OH excluding ortho intramolecular Hbond substituents is 1. The highest BCUT2D eigenvalue weighted by atomic mass is 16.3. The van der Waals surface area contributed by atoms with Crippen molar-refractivity contribution in [2.75, 3.05) is 7.05 Å². The summed E-state index contributed by atoms with van der Waals surface area (Å²) in [7, 11) is 1.62. The Morgan fingerprint density at radius 2 is 1.90 bits per heavy atom. The predicted octanol–water partition coefficient (Wildman–Crippen LogP) is 2.33. The molecule has 2 rings (SSSR count). The highest BCUT2D eigenvalue weighted by Crippen LogP contribution is 2.29. The molecule has 104 valence electrons. The van der Waals surface area contributed by atoms with Gasteiger partial charge in [0.1, 0.15) is 11.5 Å². The summed E-state index contributed by atoms with van der Waals surface area (Å²) in [6.45, 7) is 1.81. The van der Waals surface area contributed by atoms with E-state index >= 15 is 0 Å². The van der Waals surface area contributed by atoms with E-state index in [1.165, 1.54) is 23.4 Å². The number of phenols is 1. The molecule has 0 aliphatic rings. The van der Waals surface area contributed by atoms with Gasteiger partial charge in [-0.25, -0.2) is 0 Å². The summed E-state index contributed by atoms with van der Waals surface area (Å²) in [6.07, 6.45) is 2.68. The summed E-state index contributed by atoms with van der Waals surface area (Å²) in [5.74, 6) is -0.354. The number of carbonyl (C=O) groups is 1. The van der Waals surface area contributed by atoms with E-state index in [1.54, 1.807) is 31.3 Å². The van der Waals surface area contributed by atoms with Crippen LogP contribution in [-0.4, -0.2) is 33.1 Å². The van der Waals surface area contributed by atoms with Gasteiger partial charge in [0.25, 0.3) is 5.91 Å². The van der Waals surface area contributed by atoms with Crippen LogP contribution in [0.1, 0.15) is 28.9 Å². The van der Waals surface area contributed by atoms with E-state index in [9.17, 15) is 15.0 Å². The number of rotatable bonds is 3. The van der Waals surface area contributed by atoms with Gasteiger partial charge in [0, 0.05) is 18.8 Å². The highest BCUT2D eigenvalue weighted by molar-refractivity contribution is 5.96. The van der Waals surface area contributed by atoms with E-state index < -0.39 is 0 Å². The van der Waals surface area contributed by atoms with Gasteiger partial charge < -0.3 is 15.1 Å². The third-order valence-corrected chi connectivity index (χ3v) is 3.32. The number of pyridine rings is 1. The molecule has 2 aromatic rings. The van der Waals surface area contributed by atoms with Gasteiger partial charge in [0.15, 0.2) is 0 Å². The van der Waals surface area contributed by atoms with E-state index in [0.29, 0.717) is 5.56 Å². The number of benzene rings is 1.